The molecule has 1 amide bonds. The van der Waals surface area contributed by atoms with Crippen LogP contribution in [0.2, 0.25) is 0 Å². The Balaban J connectivity index is 2.20. The second-order valence-electron chi connectivity index (χ2n) is 4.49. The zero-order valence-electron chi connectivity index (χ0n) is 10.8. The van der Waals surface area contributed by atoms with Crippen molar-refractivity contribution < 1.29 is 18.0 Å². The Morgan fingerprint density at radius 1 is 1.45 bits per heavy atom. The third-order valence-electron chi connectivity index (χ3n) is 3.31. The van der Waals surface area contributed by atoms with Gasteiger partial charge in [-0.1, -0.05) is 6.92 Å². The van der Waals surface area contributed by atoms with E-state index >= 15 is 0 Å². The third kappa shape index (κ3) is 2.61. The van der Waals surface area contributed by atoms with Gasteiger partial charge < -0.3 is 4.57 Å². The molecule has 2 rings (SSSR count). The molecule has 0 aromatic carbocycles. The highest BCUT2D eigenvalue weighted by molar-refractivity contribution is 5.81. The number of nitrogens with zero attached hydrogens (tertiary/aromatic N) is 4. The molecule has 0 saturated carbocycles. The van der Waals surface area contributed by atoms with Gasteiger partial charge >= 0.3 is 6.18 Å². The summed E-state index contributed by atoms with van der Waals surface area (Å²) in [5.74, 6) is 3.94. The summed E-state index contributed by atoms with van der Waals surface area (Å²) in [6.45, 7) is 2.33. The number of amides is 1. The van der Waals surface area contributed by atoms with Gasteiger partial charge in [0, 0.05) is 13.1 Å². The highest BCUT2D eigenvalue weighted by Crippen LogP contribution is 2.29. The van der Waals surface area contributed by atoms with Crippen molar-refractivity contribution >= 4 is 5.91 Å². The van der Waals surface area contributed by atoms with Gasteiger partial charge in [-0.15, -0.1) is 10.2 Å². The zero-order valence-corrected chi connectivity index (χ0v) is 10.8. The molecule has 0 fully saturated rings. The summed E-state index contributed by atoms with van der Waals surface area (Å²) >= 11 is 0. The zero-order chi connectivity index (χ0) is 14.9. The summed E-state index contributed by atoms with van der Waals surface area (Å²) in [5, 5.41) is 6.75. The molecular formula is C10H15F3N6O. The van der Waals surface area contributed by atoms with Crippen LogP contribution < -0.4 is 11.3 Å². The van der Waals surface area contributed by atoms with Gasteiger partial charge in [0.1, 0.15) is 5.82 Å². The van der Waals surface area contributed by atoms with E-state index in [0.29, 0.717) is 13.0 Å². The van der Waals surface area contributed by atoms with Crippen molar-refractivity contribution in [1.82, 2.24) is 25.1 Å². The number of rotatable bonds is 3. The molecule has 112 valence electrons. The maximum Gasteiger partial charge on any atom is 0.451 e. The van der Waals surface area contributed by atoms with Gasteiger partial charge in [-0.05, 0) is 6.42 Å². The molecule has 0 saturated heterocycles. The Kier molecular flexibility index (Phi) is 3.95. The lowest BCUT2D eigenvalue weighted by Gasteiger charge is -2.33. The first-order valence-corrected chi connectivity index (χ1v) is 6.12. The monoisotopic (exact) mass is 292 g/mol. The molecule has 7 nitrogen and oxygen atoms in total. The van der Waals surface area contributed by atoms with E-state index in [1.54, 1.807) is 11.8 Å². The van der Waals surface area contributed by atoms with Gasteiger partial charge in [0.2, 0.25) is 5.82 Å². The van der Waals surface area contributed by atoms with Crippen molar-refractivity contribution in [1.29, 1.82) is 0 Å². The van der Waals surface area contributed by atoms with E-state index in [1.807, 2.05) is 0 Å². The number of nitrogens with two attached hydrogens (primary N) is 1. The lowest BCUT2D eigenvalue weighted by molar-refractivity contribution is -0.148. The summed E-state index contributed by atoms with van der Waals surface area (Å²) < 4.78 is 39.1. The third-order valence-corrected chi connectivity index (χ3v) is 3.31. The van der Waals surface area contributed by atoms with E-state index in [1.165, 1.54) is 0 Å². The summed E-state index contributed by atoms with van der Waals surface area (Å²) in [4.78, 5) is 13.4. The van der Waals surface area contributed by atoms with Crippen molar-refractivity contribution in [2.24, 2.45) is 5.84 Å². The molecule has 0 radical (unpaired) electrons. The van der Waals surface area contributed by atoms with Crippen molar-refractivity contribution in [3.05, 3.63) is 11.6 Å². The average molecular weight is 292 g/mol. The molecule has 1 aliphatic rings. The topological polar surface area (TPSA) is 89.1 Å². The fourth-order valence-corrected chi connectivity index (χ4v) is 2.36. The Labute approximate surface area is 112 Å². The minimum Gasteiger partial charge on any atom is -0.305 e. The van der Waals surface area contributed by atoms with E-state index in [-0.39, 0.29) is 24.8 Å². The van der Waals surface area contributed by atoms with Gasteiger partial charge in [-0.3, -0.25) is 15.1 Å². The van der Waals surface area contributed by atoms with E-state index < -0.39 is 18.0 Å². The number of fused-ring (bicyclic) bond motifs is 1. The number of carbonyl (C=O) groups is 1. The predicted molar refractivity (Wildman–Crippen MR) is 61.8 cm³/mol. The number of halogens is 3. The van der Waals surface area contributed by atoms with Crippen LogP contribution in [-0.2, 0) is 24.1 Å². The molecule has 20 heavy (non-hydrogen) atoms. The maximum absolute atomic E-state index is 12.7. The van der Waals surface area contributed by atoms with Gasteiger partial charge in [-0.25, -0.2) is 5.84 Å². The molecule has 1 atom stereocenters. The van der Waals surface area contributed by atoms with Gasteiger partial charge in [0.25, 0.3) is 5.91 Å². The molecule has 0 spiro atoms. The Bertz CT molecular complexity index is 500. The van der Waals surface area contributed by atoms with Gasteiger partial charge in [-0.2, -0.15) is 13.2 Å². The van der Waals surface area contributed by atoms with Crippen molar-refractivity contribution in [2.75, 3.05) is 6.54 Å². The van der Waals surface area contributed by atoms with Crippen LogP contribution in [0.1, 0.15) is 25.0 Å². The lowest BCUT2D eigenvalue weighted by Crippen LogP contribution is -2.51. The summed E-state index contributed by atoms with van der Waals surface area (Å²) in [6, 6.07) is -0.486. The number of carbonyl (C=O) groups excluding carboxylic acids is 1. The van der Waals surface area contributed by atoms with E-state index in [0.717, 1.165) is 4.57 Å². The van der Waals surface area contributed by atoms with Crippen LogP contribution in [0.4, 0.5) is 13.2 Å². The highest BCUT2D eigenvalue weighted by Gasteiger charge is 2.40. The minimum atomic E-state index is -4.52. The van der Waals surface area contributed by atoms with Crippen LogP contribution in [0.5, 0.6) is 0 Å². The minimum absolute atomic E-state index is 0.0888. The Morgan fingerprint density at radius 2 is 2.15 bits per heavy atom. The van der Waals surface area contributed by atoms with Crippen LogP contribution in [0.25, 0.3) is 0 Å². The molecule has 1 unspecified atom stereocenters. The first-order valence-electron chi connectivity index (χ1n) is 6.12. The number of hydrogen-bond donors (Lipinski definition) is 2. The number of nitrogens with one attached hydrogen (secondary N) is 1. The van der Waals surface area contributed by atoms with Crippen LogP contribution >= 0.6 is 0 Å². The second kappa shape index (κ2) is 5.37. The van der Waals surface area contributed by atoms with Gasteiger partial charge in [0.05, 0.1) is 12.6 Å². The molecule has 0 aliphatic carbocycles. The van der Waals surface area contributed by atoms with Crippen molar-refractivity contribution in [3.8, 4) is 0 Å². The number of hydrazine groups is 1. The standard InChI is InChI=1S/C10H15F3N6O/c1-2-6(8(20)15-14)18-3-4-19-7(5-18)16-17-9(19)10(11,12)13/h6H,2-5,14H2,1H3,(H,15,20). The molecule has 1 aromatic rings. The fraction of sp³-hybridized carbons (Fsp3) is 0.700. The summed E-state index contributed by atoms with van der Waals surface area (Å²) in [6.07, 6.45) is -4.02. The van der Waals surface area contributed by atoms with Gasteiger partial charge in [0.15, 0.2) is 0 Å². The lowest BCUT2D eigenvalue weighted by atomic mass is 10.1. The maximum atomic E-state index is 12.7. The fourth-order valence-electron chi connectivity index (χ4n) is 2.36. The van der Waals surface area contributed by atoms with Crippen LogP contribution in [0.15, 0.2) is 0 Å². The molecule has 0 bridgehead atoms. The number of alkyl halides is 3. The number of aromatic nitrogens is 3. The average Bonchev–Trinajstić information content (AvgIpc) is 2.82. The Hall–Kier alpha value is -1.68. The molecule has 3 N–H and O–H groups in total. The smallest absolute Gasteiger partial charge is 0.305 e. The second-order valence-corrected chi connectivity index (χ2v) is 4.49. The van der Waals surface area contributed by atoms with E-state index in [2.05, 4.69) is 15.6 Å². The summed E-state index contributed by atoms with van der Waals surface area (Å²) in [5.41, 5.74) is 2.06. The quantitative estimate of drug-likeness (QED) is 0.460. The van der Waals surface area contributed by atoms with E-state index in [4.69, 9.17) is 5.84 Å². The first-order chi connectivity index (χ1) is 9.38. The molecule has 2 heterocycles. The van der Waals surface area contributed by atoms with Crippen molar-refractivity contribution in [3.63, 3.8) is 0 Å². The SMILES string of the molecule is CCC(C(=O)NN)N1CCn2c(nnc2C(F)(F)F)C1. The molecular weight excluding hydrogens is 277 g/mol. The van der Waals surface area contributed by atoms with Crippen molar-refractivity contribution in [2.45, 2.75) is 38.7 Å². The van der Waals surface area contributed by atoms with Crippen LogP contribution in [0, 0.1) is 0 Å². The largest absolute Gasteiger partial charge is 0.451 e. The summed E-state index contributed by atoms with van der Waals surface area (Å²) in [7, 11) is 0. The molecule has 1 aromatic heterocycles. The Morgan fingerprint density at radius 3 is 2.70 bits per heavy atom. The predicted octanol–water partition coefficient (Wildman–Crippen LogP) is -0.119. The number of hydrogen-bond acceptors (Lipinski definition) is 5. The normalized spacial score (nSPS) is 17.6. The highest BCUT2D eigenvalue weighted by atomic mass is 19.4. The first kappa shape index (κ1) is 14.7. The van der Waals surface area contributed by atoms with Crippen LogP contribution in [-0.4, -0.2) is 38.2 Å². The molecule has 10 heteroatoms. The van der Waals surface area contributed by atoms with E-state index in [9.17, 15) is 18.0 Å². The molecule has 1 aliphatic heterocycles. The van der Waals surface area contributed by atoms with Crippen LogP contribution in [0.3, 0.4) is 0 Å².